The number of carbonyl (C=O) groups excluding carboxylic acids is 1. The van der Waals surface area contributed by atoms with Gasteiger partial charge in [0.25, 0.3) is 0 Å². The number of carboxylic acids is 1. The molecule has 1 aliphatic rings. The number of urea groups is 1. The number of rotatable bonds is 5. The molecule has 1 aliphatic carbocycles. The van der Waals surface area contributed by atoms with Gasteiger partial charge in [0.2, 0.25) is 0 Å². The summed E-state index contributed by atoms with van der Waals surface area (Å²) in [5.74, 6) is -2.16. The topological polar surface area (TPSA) is 78.4 Å². The van der Waals surface area contributed by atoms with E-state index in [-0.39, 0.29) is 13.0 Å². The first-order valence-corrected chi connectivity index (χ1v) is 7.21. The summed E-state index contributed by atoms with van der Waals surface area (Å²) in [5.41, 5.74) is 0.924. The van der Waals surface area contributed by atoms with Crippen molar-refractivity contribution in [3.05, 3.63) is 34.9 Å². The lowest BCUT2D eigenvalue weighted by Crippen LogP contribution is -2.39. The lowest BCUT2D eigenvalue weighted by molar-refractivity contribution is -0.137. The van der Waals surface area contributed by atoms with Gasteiger partial charge in [-0.1, -0.05) is 0 Å². The van der Waals surface area contributed by atoms with Gasteiger partial charge in [-0.25, -0.2) is 13.6 Å². The van der Waals surface area contributed by atoms with E-state index < -0.39 is 29.7 Å². The van der Waals surface area contributed by atoms with Gasteiger partial charge < -0.3 is 15.7 Å². The zero-order chi connectivity index (χ0) is 16.1. The highest BCUT2D eigenvalue weighted by molar-refractivity contribution is 5.74. The van der Waals surface area contributed by atoms with Gasteiger partial charge in [0.1, 0.15) is 11.6 Å². The molecular formula is C15H18F2N2O3. The van der Waals surface area contributed by atoms with E-state index in [1.807, 2.05) is 0 Å². The fourth-order valence-electron chi connectivity index (χ4n) is 2.64. The lowest BCUT2D eigenvalue weighted by Gasteiger charge is -2.26. The number of nitrogens with one attached hydrogen (secondary N) is 2. The highest BCUT2D eigenvalue weighted by Crippen LogP contribution is 2.32. The minimum Gasteiger partial charge on any atom is -0.481 e. The maximum atomic E-state index is 13.7. The van der Waals surface area contributed by atoms with Crippen LogP contribution in [0.4, 0.5) is 13.6 Å². The van der Waals surface area contributed by atoms with E-state index in [4.69, 9.17) is 5.11 Å². The van der Waals surface area contributed by atoms with Crippen LogP contribution < -0.4 is 10.6 Å². The van der Waals surface area contributed by atoms with Gasteiger partial charge in [0.05, 0.1) is 6.04 Å². The summed E-state index contributed by atoms with van der Waals surface area (Å²) in [6, 6.07) is 1.21. The first kappa shape index (κ1) is 16.2. The van der Waals surface area contributed by atoms with E-state index in [1.54, 1.807) is 0 Å². The summed E-state index contributed by atoms with van der Waals surface area (Å²) in [4.78, 5) is 22.1. The maximum absolute atomic E-state index is 13.7. The third-order valence-electron chi connectivity index (χ3n) is 3.65. The second-order valence-electron chi connectivity index (χ2n) is 5.30. The van der Waals surface area contributed by atoms with Gasteiger partial charge in [0, 0.05) is 19.0 Å². The van der Waals surface area contributed by atoms with Crippen LogP contribution >= 0.6 is 0 Å². The highest BCUT2D eigenvalue weighted by atomic mass is 19.1. The van der Waals surface area contributed by atoms with Gasteiger partial charge in [-0.2, -0.15) is 0 Å². The van der Waals surface area contributed by atoms with Crippen LogP contribution in [0.2, 0.25) is 0 Å². The summed E-state index contributed by atoms with van der Waals surface area (Å²) in [6.07, 6.45) is 2.15. The number of halogens is 2. The monoisotopic (exact) mass is 312 g/mol. The molecule has 0 unspecified atom stereocenters. The number of carboxylic acid groups (broad SMARTS) is 1. The van der Waals surface area contributed by atoms with Crippen LogP contribution in [0.3, 0.4) is 0 Å². The Bertz CT molecular complexity index is 578. The minimum atomic E-state index is -0.922. The Morgan fingerprint density at radius 3 is 2.82 bits per heavy atom. The Labute approximate surface area is 126 Å². The molecule has 0 spiro atoms. The highest BCUT2D eigenvalue weighted by Gasteiger charge is 2.25. The molecular weight excluding hydrogens is 294 g/mol. The maximum Gasteiger partial charge on any atom is 0.315 e. The molecule has 1 aromatic carbocycles. The molecule has 1 aromatic rings. The third-order valence-corrected chi connectivity index (χ3v) is 3.65. The number of aliphatic carboxylic acids is 1. The van der Waals surface area contributed by atoms with Gasteiger partial charge >= 0.3 is 12.0 Å². The molecule has 2 amide bonds. The van der Waals surface area contributed by atoms with Crippen molar-refractivity contribution in [3.8, 4) is 0 Å². The number of amides is 2. The van der Waals surface area contributed by atoms with Gasteiger partial charge in [-0.05, 0) is 42.9 Å². The quantitative estimate of drug-likeness (QED) is 0.731. The fourth-order valence-corrected chi connectivity index (χ4v) is 2.64. The van der Waals surface area contributed by atoms with E-state index in [0.29, 0.717) is 36.8 Å². The molecule has 0 bridgehead atoms. The molecule has 0 fully saturated rings. The van der Waals surface area contributed by atoms with E-state index in [9.17, 15) is 18.4 Å². The van der Waals surface area contributed by atoms with Crippen molar-refractivity contribution >= 4 is 12.0 Å². The summed E-state index contributed by atoms with van der Waals surface area (Å²) in [6.45, 7) is 0.231. The molecule has 2 rings (SSSR count). The summed E-state index contributed by atoms with van der Waals surface area (Å²) in [5, 5.41) is 13.7. The molecule has 120 valence electrons. The average Bonchev–Trinajstić information content (AvgIpc) is 2.44. The minimum absolute atomic E-state index is 0.0248. The molecule has 1 atom stereocenters. The Balaban J connectivity index is 1.94. The molecule has 0 saturated heterocycles. The zero-order valence-electron chi connectivity index (χ0n) is 12.0. The first-order chi connectivity index (χ1) is 10.5. The van der Waals surface area contributed by atoms with E-state index in [1.165, 1.54) is 6.07 Å². The van der Waals surface area contributed by atoms with Gasteiger partial charge in [0.15, 0.2) is 0 Å². The SMILES string of the molecule is O=C(O)CCCNC(=O)N[C@H]1CCCc2c(F)cc(F)cc21. The third kappa shape index (κ3) is 4.16. The van der Waals surface area contributed by atoms with Gasteiger partial charge in [-0.3, -0.25) is 4.79 Å². The Kier molecular flexibility index (Phi) is 5.30. The molecule has 0 heterocycles. The molecule has 7 heteroatoms. The van der Waals surface area contributed by atoms with E-state index >= 15 is 0 Å². The number of hydrogen-bond donors (Lipinski definition) is 3. The molecule has 0 radical (unpaired) electrons. The summed E-state index contributed by atoms with van der Waals surface area (Å²) >= 11 is 0. The Morgan fingerprint density at radius 1 is 1.32 bits per heavy atom. The van der Waals surface area contributed by atoms with Crippen molar-refractivity contribution < 1.29 is 23.5 Å². The van der Waals surface area contributed by atoms with Crippen LogP contribution in [0.25, 0.3) is 0 Å². The van der Waals surface area contributed by atoms with Crippen molar-refractivity contribution in [2.75, 3.05) is 6.54 Å². The number of carbonyl (C=O) groups is 2. The number of benzene rings is 1. The van der Waals surface area contributed by atoms with Crippen LogP contribution in [-0.2, 0) is 11.2 Å². The van der Waals surface area contributed by atoms with E-state index in [0.717, 1.165) is 6.07 Å². The standard InChI is InChI=1S/C15H18F2N2O3/c16-9-7-11-10(12(17)8-9)3-1-4-13(11)19-15(22)18-6-2-5-14(20)21/h7-8,13H,1-6H2,(H,20,21)(H2,18,19,22)/t13-/m0/s1. The van der Waals surface area contributed by atoms with Crippen LogP contribution in [0.5, 0.6) is 0 Å². The fraction of sp³-hybridized carbons (Fsp3) is 0.467. The van der Waals surface area contributed by atoms with Crippen LogP contribution in [0, 0.1) is 11.6 Å². The van der Waals surface area contributed by atoms with Crippen molar-refractivity contribution in [1.82, 2.24) is 10.6 Å². The van der Waals surface area contributed by atoms with Crippen molar-refractivity contribution in [1.29, 1.82) is 0 Å². The Hall–Kier alpha value is -2.18. The molecule has 0 saturated carbocycles. The second-order valence-corrected chi connectivity index (χ2v) is 5.30. The van der Waals surface area contributed by atoms with Crippen molar-refractivity contribution in [2.45, 2.75) is 38.1 Å². The average molecular weight is 312 g/mol. The number of hydrogen-bond acceptors (Lipinski definition) is 2. The molecule has 0 aliphatic heterocycles. The normalized spacial score (nSPS) is 16.7. The second kappa shape index (κ2) is 7.20. The molecule has 5 nitrogen and oxygen atoms in total. The largest absolute Gasteiger partial charge is 0.481 e. The zero-order valence-corrected chi connectivity index (χ0v) is 12.0. The van der Waals surface area contributed by atoms with Crippen molar-refractivity contribution in [3.63, 3.8) is 0 Å². The van der Waals surface area contributed by atoms with Crippen molar-refractivity contribution in [2.24, 2.45) is 0 Å². The first-order valence-electron chi connectivity index (χ1n) is 7.21. The van der Waals surface area contributed by atoms with E-state index in [2.05, 4.69) is 10.6 Å². The molecule has 3 N–H and O–H groups in total. The number of fused-ring (bicyclic) bond motifs is 1. The molecule has 22 heavy (non-hydrogen) atoms. The summed E-state index contributed by atoms with van der Waals surface area (Å²) < 4.78 is 27.1. The van der Waals surface area contributed by atoms with Crippen LogP contribution in [0.1, 0.15) is 42.9 Å². The van der Waals surface area contributed by atoms with Gasteiger partial charge in [-0.15, -0.1) is 0 Å². The predicted octanol–water partition coefficient (Wildman–Crippen LogP) is 2.51. The lowest BCUT2D eigenvalue weighted by atomic mass is 9.87. The smallest absolute Gasteiger partial charge is 0.315 e. The summed E-state index contributed by atoms with van der Waals surface area (Å²) in [7, 11) is 0. The van der Waals surface area contributed by atoms with Crippen LogP contribution in [0.15, 0.2) is 12.1 Å². The van der Waals surface area contributed by atoms with Crippen LogP contribution in [-0.4, -0.2) is 23.7 Å². The predicted molar refractivity (Wildman–Crippen MR) is 75.4 cm³/mol. The Morgan fingerprint density at radius 2 is 2.09 bits per heavy atom. The molecule has 0 aromatic heterocycles.